The number of benzene rings is 2. The molecule has 0 saturated carbocycles. The highest BCUT2D eigenvalue weighted by Crippen LogP contribution is 2.33. The number of hydrogen-bond donors (Lipinski definition) is 0. The van der Waals surface area contributed by atoms with Gasteiger partial charge in [-0.15, -0.1) is 0 Å². The summed E-state index contributed by atoms with van der Waals surface area (Å²) in [5.41, 5.74) is 6.01. The van der Waals surface area contributed by atoms with Crippen molar-refractivity contribution in [3.05, 3.63) is 83.1 Å². The molecule has 0 aliphatic carbocycles. The lowest BCUT2D eigenvalue weighted by molar-refractivity contribution is 0.424. The van der Waals surface area contributed by atoms with Crippen LogP contribution in [-0.4, -0.2) is 21.7 Å². The van der Waals surface area contributed by atoms with Crippen LogP contribution in [0.2, 0.25) is 0 Å². The van der Waals surface area contributed by atoms with E-state index in [1.807, 2.05) is 13.0 Å². The summed E-state index contributed by atoms with van der Waals surface area (Å²) in [6, 6.07) is 16.7. The number of nitrogens with zero attached hydrogens (tertiary/aromatic N) is 4. The van der Waals surface area contributed by atoms with Gasteiger partial charge in [0.15, 0.2) is 5.76 Å². The molecular formula is C24H21FN4O. The number of rotatable bonds is 3. The van der Waals surface area contributed by atoms with Gasteiger partial charge in [0.2, 0.25) is 0 Å². The SMILES string of the molecule is Cc1ccc(-c2cc(N3CCc4noc(-c5ccc(F)cc5)c4C3)nc(C)n2)cc1. The van der Waals surface area contributed by atoms with E-state index in [1.165, 1.54) is 17.7 Å². The molecule has 0 unspecified atom stereocenters. The largest absolute Gasteiger partial charge is 0.356 e. The molecule has 0 saturated heterocycles. The minimum Gasteiger partial charge on any atom is -0.356 e. The monoisotopic (exact) mass is 400 g/mol. The van der Waals surface area contributed by atoms with Crippen LogP contribution in [0.1, 0.15) is 22.6 Å². The lowest BCUT2D eigenvalue weighted by atomic mass is 10.0. The Morgan fingerprint density at radius 1 is 0.933 bits per heavy atom. The smallest absolute Gasteiger partial charge is 0.172 e. The van der Waals surface area contributed by atoms with Crippen molar-refractivity contribution in [2.24, 2.45) is 0 Å². The van der Waals surface area contributed by atoms with Gasteiger partial charge in [0.05, 0.1) is 17.9 Å². The molecule has 6 heteroatoms. The number of hydrogen-bond acceptors (Lipinski definition) is 5. The molecule has 4 aromatic rings. The molecule has 5 rings (SSSR count). The second-order valence-corrected chi connectivity index (χ2v) is 7.64. The topological polar surface area (TPSA) is 55.1 Å². The van der Waals surface area contributed by atoms with Crippen molar-refractivity contribution in [3.63, 3.8) is 0 Å². The van der Waals surface area contributed by atoms with E-state index in [9.17, 15) is 4.39 Å². The van der Waals surface area contributed by atoms with Crippen molar-refractivity contribution in [1.82, 2.24) is 15.1 Å². The summed E-state index contributed by atoms with van der Waals surface area (Å²) in [6.45, 7) is 5.42. The summed E-state index contributed by atoms with van der Waals surface area (Å²) in [5, 5.41) is 4.25. The first-order valence-corrected chi connectivity index (χ1v) is 9.98. The summed E-state index contributed by atoms with van der Waals surface area (Å²) < 4.78 is 18.9. The van der Waals surface area contributed by atoms with E-state index >= 15 is 0 Å². The van der Waals surface area contributed by atoms with Gasteiger partial charge in [0, 0.05) is 35.7 Å². The number of fused-ring (bicyclic) bond motifs is 1. The molecule has 150 valence electrons. The summed E-state index contributed by atoms with van der Waals surface area (Å²) in [7, 11) is 0. The Hall–Kier alpha value is -3.54. The van der Waals surface area contributed by atoms with Gasteiger partial charge in [-0.3, -0.25) is 0 Å². The molecule has 30 heavy (non-hydrogen) atoms. The minimum absolute atomic E-state index is 0.270. The van der Waals surface area contributed by atoms with E-state index in [-0.39, 0.29) is 5.82 Å². The Kier molecular flexibility index (Phi) is 4.54. The third kappa shape index (κ3) is 3.45. The third-order valence-electron chi connectivity index (χ3n) is 5.44. The molecule has 0 N–H and O–H groups in total. The first kappa shape index (κ1) is 18.5. The van der Waals surface area contributed by atoms with Gasteiger partial charge in [-0.05, 0) is 38.1 Å². The summed E-state index contributed by atoms with van der Waals surface area (Å²) >= 11 is 0. The lowest BCUT2D eigenvalue weighted by Crippen LogP contribution is -2.31. The molecule has 0 atom stereocenters. The van der Waals surface area contributed by atoms with Gasteiger partial charge < -0.3 is 9.42 Å². The van der Waals surface area contributed by atoms with E-state index in [1.54, 1.807) is 12.1 Å². The highest BCUT2D eigenvalue weighted by Gasteiger charge is 2.26. The fraction of sp³-hybridized carbons (Fsp3) is 0.208. The van der Waals surface area contributed by atoms with Crippen LogP contribution in [0.25, 0.3) is 22.6 Å². The van der Waals surface area contributed by atoms with Gasteiger partial charge in [-0.25, -0.2) is 14.4 Å². The predicted octanol–water partition coefficient (Wildman–Crippen LogP) is 5.12. The summed E-state index contributed by atoms with van der Waals surface area (Å²) in [4.78, 5) is 11.5. The van der Waals surface area contributed by atoms with Gasteiger partial charge >= 0.3 is 0 Å². The molecule has 1 aliphatic rings. The second kappa shape index (κ2) is 7.37. The van der Waals surface area contributed by atoms with E-state index in [0.29, 0.717) is 12.3 Å². The van der Waals surface area contributed by atoms with Crippen LogP contribution in [0.3, 0.4) is 0 Å². The van der Waals surface area contributed by atoms with Crippen molar-refractivity contribution >= 4 is 5.82 Å². The van der Waals surface area contributed by atoms with E-state index in [2.05, 4.69) is 51.2 Å². The second-order valence-electron chi connectivity index (χ2n) is 7.64. The number of aryl methyl sites for hydroxylation is 2. The number of anilines is 1. The van der Waals surface area contributed by atoms with E-state index < -0.39 is 0 Å². The maximum Gasteiger partial charge on any atom is 0.172 e. The molecule has 1 aliphatic heterocycles. The van der Waals surface area contributed by atoms with Crippen LogP contribution in [0.4, 0.5) is 10.2 Å². The molecule has 0 radical (unpaired) electrons. The zero-order chi connectivity index (χ0) is 20.7. The molecule has 3 heterocycles. The lowest BCUT2D eigenvalue weighted by Gasteiger charge is -2.28. The Bertz CT molecular complexity index is 1200. The van der Waals surface area contributed by atoms with Crippen LogP contribution in [0.5, 0.6) is 0 Å². The van der Waals surface area contributed by atoms with Crippen molar-refractivity contribution in [2.45, 2.75) is 26.8 Å². The minimum atomic E-state index is -0.270. The summed E-state index contributed by atoms with van der Waals surface area (Å²) in [5.74, 6) is 2.04. The number of aromatic nitrogens is 3. The van der Waals surface area contributed by atoms with Crippen LogP contribution < -0.4 is 4.90 Å². The van der Waals surface area contributed by atoms with Crippen LogP contribution in [0.15, 0.2) is 59.1 Å². The molecule has 0 amide bonds. The first-order chi connectivity index (χ1) is 14.6. The zero-order valence-electron chi connectivity index (χ0n) is 16.9. The summed E-state index contributed by atoms with van der Waals surface area (Å²) in [6.07, 6.45) is 0.767. The average molecular weight is 400 g/mol. The maximum absolute atomic E-state index is 13.3. The van der Waals surface area contributed by atoms with Crippen LogP contribution in [0, 0.1) is 19.7 Å². The molecule has 0 spiro atoms. The molecule has 0 fully saturated rings. The normalized spacial score (nSPS) is 13.4. The van der Waals surface area contributed by atoms with Crippen molar-refractivity contribution in [3.8, 4) is 22.6 Å². The van der Waals surface area contributed by atoms with Crippen molar-refractivity contribution in [1.29, 1.82) is 0 Å². The fourth-order valence-electron chi connectivity index (χ4n) is 3.82. The van der Waals surface area contributed by atoms with E-state index in [4.69, 9.17) is 4.52 Å². The van der Waals surface area contributed by atoms with Crippen molar-refractivity contribution < 1.29 is 8.91 Å². The molecule has 2 aromatic heterocycles. The Morgan fingerprint density at radius 3 is 2.43 bits per heavy atom. The molecular weight excluding hydrogens is 379 g/mol. The molecule has 5 nitrogen and oxygen atoms in total. The third-order valence-corrected chi connectivity index (χ3v) is 5.44. The maximum atomic E-state index is 13.3. The fourth-order valence-corrected chi connectivity index (χ4v) is 3.82. The van der Waals surface area contributed by atoms with Gasteiger partial charge in [-0.1, -0.05) is 35.0 Å². The number of halogens is 1. The first-order valence-electron chi connectivity index (χ1n) is 9.98. The van der Waals surface area contributed by atoms with Gasteiger partial charge in [-0.2, -0.15) is 0 Å². The zero-order valence-corrected chi connectivity index (χ0v) is 16.9. The Morgan fingerprint density at radius 2 is 1.67 bits per heavy atom. The predicted molar refractivity (Wildman–Crippen MR) is 114 cm³/mol. The van der Waals surface area contributed by atoms with Gasteiger partial charge in [0.25, 0.3) is 0 Å². The highest BCUT2D eigenvalue weighted by atomic mass is 19.1. The quantitative estimate of drug-likeness (QED) is 0.478. The molecule has 0 bridgehead atoms. The standard InChI is InChI=1S/C24H21FN4O/c1-15-3-5-17(6-4-15)22-13-23(27-16(2)26-22)29-12-11-21-20(14-29)24(30-28-21)18-7-9-19(25)10-8-18/h3-10,13H,11-12,14H2,1-2H3. The van der Waals surface area contributed by atoms with E-state index in [0.717, 1.165) is 52.7 Å². The van der Waals surface area contributed by atoms with Crippen LogP contribution in [-0.2, 0) is 13.0 Å². The highest BCUT2D eigenvalue weighted by molar-refractivity contribution is 5.66. The Labute approximate surface area is 174 Å². The Balaban J connectivity index is 1.48. The molecule has 2 aromatic carbocycles. The van der Waals surface area contributed by atoms with Gasteiger partial charge in [0.1, 0.15) is 17.5 Å². The average Bonchev–Trinajstić information content (AvgIpc) is 3.17. The van der Waals surface area contributed by atoms with Crippen LogP contribution >= 0.6 is 0 Å². The van der Waals surface area contributed by atoms with Crippen molar-refractivity contribution in [2.75, 3.05) is 11.4 Å².